The van der Waals surface area contributed by atoms with Gasteiger partial charge in [0.25, 0.3) is 0 Å². The average molecular weight is 695 g/mol. The number of carbonyl (C=O) groups excluding carboxylic acids is 1. The second-order valence-corrected chi connectivity index (χ2v) is 15.8. The molecule has 9 rings (SSSR count). The molecule has 1 unspecified atom stereocenters. The van der Waals surface area contributed by atoms with Crippen LogP contribution in [0.2, 0.25) is 0 Å². The van der Waals surface area contributed by atoms with Crippen LogP contribution in [0.5, 0.6) is 0 Å². The number of aryl methyl sites for hydroxylation is 2. The number of alkyl halides is 3. The largest absolute Gasteiger partial charge is 0.419 e. The normalized spacial score (nSPS) is 25.9. The van der Waals surface area contributed by atoms with E-state index in [1.807, 2.05) is 6.07 Å². The highest BCUT2D eigenvalue weighted by atomic mass is 32.1. The molecule has 0 spiro atoms. The van der Waals surface area contributed by atoms with Crippen molar-refractivity contribution in [3.8, 4) is 6.07 Å². The number of nitriles is 1. The summed E-state index contributed by atoms with van der Waals surface area (Å²) in [5.41, 5.74) is 4.10. The molecule has 1 saturated heterocycles. The Morgan fingerprint density at radius 1 is 1.18 bits per heavy atom. The molecule has 1 atom stereocenters. The van der Waals surface area contributed by atoms with Crippen molar-refractivity contribution >= 4 is 44.2 Å². The van der Waals surface area contributed by atoms with E-state index in [4.69, 9.17) is 4.11 Å². The van der Waals surface area contributed by atoms with Gasteiger partial charge in [0, 0.05) is 70.0 Å². The summed E-state index contributed by atoms with van der Waals surface area (Å²) in [6, 6.07) is 9.84. The third-order valence-corrected chi connectivity index (χ3v) is 12.2. The van der Waals surface area contributed by atoms with Crippen LogP contribution in [0, 0.1) is 29.6 Å². The van der Waals surface area contributed by atoms with Crippen LogP contribution >= 0.6 is 11.3 Å². The molecule has 258 valence electrons. The van der Waals surface area contributed by atoms with Crippen molar-refractivity contribution in [3.05, 3.63) is 51.8 Å². The zero-order chi connectivity index (χ0) is 36.8. The Hall–Kier alpha value is -3.73. The summed E-state index contributed by atoms with van der Waals surface area (Å²) in [7, 11) is 0. The van der Waals surface area contributed by atoms with Crippen molar-refractivity contribution in [1.29, 1.82) is 5.26 Å². The molecule has 1 aliphatic heterocycles. The highest BCUT2D eigenvalue weighted by molar-refractivity contribution is 7.18. The molecular formula is C36H40F3N7O2S. The smallest absolute Gasteiger partial charge is 0.379 e. The van der Waals surface area contributed by atoms with E-state index in [0.717, 1.165) is 87.6 Å². The van der Waals surface area contributed by atoms with Crippen LogP contribution in [-0.2, 0) is 24.3 Å². The highest BCUT2D eigenvalue weighted by Gasteiger charge is 2.68. The maximum Gasteiger partial charge on any atom is 0.419 e. The number of aliphatic hydroxyl groups excluding tert-OH is 1. The summed E-state index contributed by atoms with van der Waals surface area (Å²) in [5.74, 6) is 0.692. The average Bonchev–Trinajstić information content (AvgIpc) is 3.71. The van der Waals surface area contributed by atoms with Crippen LogP contribution in [0.3, 0.4) is 0 Å². The zero-order valence-corrected chi connectivity index (χ0v) is 28.0. The molecule has 4 aromatic rings. The molecule has 1 amide bonds. The monoisotopic (exact) mass is 694 g/mol. The van der Waals surface area contributed by atoms with Crippen molar-refractivity contribution in [2.24, 2.45) is 11.3 Å². The fourth-order valence-corrected chi connectivity index (χ4v) is 9.50. The Morgan fingerprint density at radius 2 is 1.94 bits per heavy atom. The third-order valence-electron chi connectivity index (χ3n) is 11.1. The first kappa shape index (κ1) is 29.0. The van der Waals surface area contributed by atoms with E-state index in [2.05, 4.69) is 55.2 Å². The Morgan fingerprint density at radius 3 is 2.61 bits per heavy atom. The molecule has 5 fully saturated rings. The number of piperidine rings is 1. The van der Waals surface area contributed by atoms with Gasteiger partial charge in [-0.1, -0.05) is 12.9 Å². The van der Waals surface area contributed by atoms with Crippen LogP contribution in [0.4, 0.5) is 19.0 Å². The van der Waals surface area contributed by atoms with Crippen LogP contribution < -0.4 is 10.6 Å². The minimum absolute atomic E-state index is 0.00657. The van der Waals surface area contributed by atoms with E-state index >= 15 is 0 Å². The second kappa shape index (κ2) is 11.7. The predicted molar refractivity (Wildman–Crippen MR) is 181 cm³/mol. The standard InChI is InChI=1S/C36H40F3N7O2S/c1-3-29-42-31(26-13-28(49-33(26)43-29)30(47)36(37,38)39)41-23-8-10-45(11-9-23)15-22-6-7-27-25(20(22)2)12-24(14-40)46(27)19-34-16-35(17-34,18-34)44-32(48)21-4-5-21/h6-7,12-13,21,23,30,47H,3-5,8-11,15-19H2,1-2H3,(H,44,48)(H,41,42,43)/i1D3. The van der Waals surface area contributed by atoms with Crippen LogP contribution in [0.15, 0.2) is 24.3 Å². The number of thiophene rings is 1. The topological polar surface area (TPSA) is 119 Å². The van der Waals surface area contributed by atoms with Gasteiger partial charge in [0.05, 0.1) is 5.39 Å². The Kier molecular flexibility index (Phi) is 6.92. The molecule has 0 radical (unpaired) electrons. The molecular weight excluding hydrogens is 652 g/mol. The van der Waals surface area contributed by atoms with Gasteiger partial charge in [-0.15, -0.1) is 11.3 Å². The number of likely N-dealkylation sites (tertiary alicyclic amines) is 1. The number of rotatable bonds is 10. The number of amides is 1. The predicted octanol–water partition coefficient (Wildman–Crippen LogP) is 6.51. The van der Waals surface area contributed by atoms with Crippen molar-refractivity contribution in [2.75, 3.05) is 18.4 Å². The Balaban J connectivity index is 0.930. The van der Waals surface area contributed by atoms with Crippen molar-refractivity contribution in [1.82, 2.24) is 24.8 Å². The highest BCUT2D eigenvalue weighted by Crippen LogP contribution is 2.68. The lowest BCUT2D eigenvalue weighted by Crippen LogP contribution is -2.75. The van der Waals surface area contributed by atoms with Gasteiger partial charge in [-0.25, -0.2) is 9.97 Å². The number of carbonyl (C=O) groups is 1. The Bertz CT molecular complexity index is 2090. The van der Waals surface area contributed by atoms with Crippen molar-refractivity contribution in [3.63, 3.8) is 0 Å². The van der Waals surface area contributed by atoms with Gasteiger partial charge in [-0.2, -0.15) is 18.4 Å². The summed E-state index contributed by atoms with van der Waals surface area (Å²) in [6.07, 6.45) is -1.62. The molecule has 49 heavy (non-hydrogen) atoms. The minimum atomic E-state index is -4.85. The molecule has 1 aromatic carbocycles. The van der Waals surface area contributed by atoms with Crippen LogP contribution in [0.1, 0.15) is 89.5 Å². The van der Waals surface area contributed by atoms with Gasteiger partial charge in [0.1, 0.15) is 28.2 Å². The molecule has 13 heteroatoms. The van der Waals surface area contributed by atoms with E-state index < -0.39 is 25.6 Å². The number of nitrogens with one attached hydrogen (secondary N) is 2. The quantitative estimate of drug-likeness (QED) is 0.173. The first-order valence-electron chi connectivity index (χ1n) is 18.4. The summed E-state index contributed by atoms with van der Waals surface area (Å²) in [4.78, 5) is 23.2. The lowest BCUT2D eigenvalue weighted by atomic mass is 9.39. The molecule has 3 aromatic heterocycles. The SMILES string of the molecule is [2H]C([2H])([2H])Cc1nc(NC2CCN(Cc3ccc4c(cc(C#N)n4CC45CC(NC(=O)C6CC6)(C4)C5)c3C)CC2)c2cc(C(O)C(F)(F)F)sc2n1. The second-order valence-electron chi connectivity index (χ2n) is 14.8. The number of nitrogens with zero attached hydrogens (tertiary/aromatic N) is 5. The molecule has 5 aliphatic rings. The van der Waals surface area contributed by atoms with E-state index in [9.17, 15) is 28.3 Å². The minimum Gasteiger partial charge on any atom is -0.379 e. The van der Waals surface area contributed by atoms with Gasteiger partial charge in [0.2, 0.25) is 5.91 Å². The summed E-state index contributed by atoms with van der Waals surface area (Å²) < 4.78 is 65.0. The van der Waals surface area contributed by atoms with E-state index in [1.54, 1.807) is 0 Å². The van der Waals surface area contributed by atoms with Gasteiger partial charge in [-0.3, -0.25) is 9.69 Å². The molecule has 2 bridgehead atoms. The van der Waals surface area contributed by atoms with E-state index in [1.165, 1.54) is 11.6 Å². The zero-order valence-electron chi connectivity index (χ0n) is 30.2. The van der Waals surface area contributed by atoms with E-state index in [0.29, 0.717) is 22.4 Å². The first-order chi connectivity index (χ1) is 24.5. The summed E-state index contributed by atoms with van der Waals surface area (Å²) >= 11 is 0.683. The number of hydrogen-bond acceptors (Lipinski definition) is 8. The fourth-order valence-electron chi connectivity index (χ4n) is 8.44. The molecule has 3 N–H and O–H groups in total. The molecule has 4 aliphatic carbocycles. The molecule has 4 heterocycles. The lowest BCUT2D eigenvalue weighted by molar-refractivity contribution is -0.205. The third kappa shape index (κ3) is 5.85. The number of hydrogen-bond donors (Lipinski definition) is 3. The molecule has 9 nitrogen and oxygen atoms in total. The number of benzene rings is 1. The van der Waals surface area contributed by atoms with Gasteiger partial charge in [0.15, 0.2) is 6.10 Å². The lowest BCUT2D eigenvalue weighted by Gasteiger charge is -2.71. The fraction of sp³-hybridized carbons (Fsp3) is 0.556. The number of anilines is 1. The van der Waals surface area contributed by atoms with Gasteiger partial charge < -0.3 is 20.3 Å². The number of fused-ring (bicyclic) bond motifs is 2. The molecule has 4 saturated carbocycles. The van der Waals surface area contributed by atoms with Crippen molar-refractivity contribution in [2.45, 2.75) is 102 Å². The summed E-state index contributed by atoms with van der Waals surface area (Å²) in [6.45, 7) is 2.72. The Labute approximate surface area is 290 Å². The van der Waals surface area contributed by atoms with Gasteiger partial charge in [-0.05, 0) is 86.6 Å². The number of halogens is 3. The maximum absolute atomic E-state index is 13.3. The number of aliphatic hydroxyl groups is 1. The first-order valence-corrected chi connectivity index (χ1v) is 17.7. The summed E-state index contributed by atoms with van der Waals surface area (Å²) in [5, 5.41) is 28.0. The number of aromatic nitrogens is 3. The van der Waals surface area contributed by atoms with Crippen LogP contribution in [-0.4, -0.2) is 61.3 Å². The van der Waals surface area contributed by atoms with E-state index in [-0.39, 0.29) is 50.2 Å². The van der Waals surface area contributed by atoms with Crippen molar-refractivity contribution < 1.29 is 27.2 Å². The van der Waals surface area contributed by atoms with Gasteiger partial charge >= 0.3 is 6.18 Å². The maximum atomic E-state index is 13.3. The van der Waals surface area contributed by atoms with Crippen LogP contribution in [0.25, 0.3) is 21.1 Å².